The highest BCUT2D eigenvalue weighted by Gasteiger charge is 2.16. The summed E-state index contributed by atoms with van der Waals surface area (Å²) in [7, 11) is 0. The summed E-state index contributed by atoms with van der Waals surface area (Å²) in [6.07, 6.45) is -0.120. The Labute approximate surface area is 138 Å². The number of benzene rings is 1. The van der Waals surface area contributed by atoms with E-state index in [9.17, 15) is 24.5 Å². The highest BCUT2D eigenvalue weighted by atomic mass is 79.9. The topological polar surface area (TPSA) is 158 Å². The minimum absolute atomic E-state index is 0. The van der Waals surface area contributed by atoms with Gasteiger partial charge in [-0.1, -0.05) is 0 Å². The van der Waals surface area contributed by atoms with Crippen LogP contribution in [0, 0.1) is 10.1 Å². The molecule has 1 aromatic heterocycles. The zero-order valence-corrected chi connectivity index (χ0v) is 13.3. The lowest BCUT2D eigenvalue weighted by Crippen LogP contribution is -2.29. The molecule has 2 aromatic rings. The molecular weight excluding hydrogens is 376 g/mol. The van der Waals surface area contributed by atoms with Crippen molar-refractivity contribution in [1.82, 2.24) is 15.3 Å². The molecule has 1 heterocycles. The molecule has 10 nitrogen and oxygen atoms in total. The summed E-state index contributed by atoms with van der Waals surface area (Å²) >= 11 is 0. The quantitative estimate of drug-likeness (QED) is 0.239. The molecule has 124 valence electrons. The molecule has 4 N–H and O–H groups in total. The average molecular weight is 389 g/mol. The number of hydrogen-bond acceptors (Lipinski definition) is 6. The Kier molecular flexibility index (Phi) is 6.16. The van der Waals surface area contributed by atoms with Crippen molar-refractivity contribution in [1.29, 1.82) is 0 Å². The van der Waals surface area contributed by atoms with Gasteiger partial charge in [-0.25, -0.2) is 0 Å². The molecule has 0 bridgehead atoms. The van der Waals surface area contributed by atoms with Crippen LogP contribution >= 0.6 is 17.0 Å². The number of carbonyl (C=O) groups is 1. The Balaban J connectivity index is 0.00000264. The van der Waals surface area contributed by atoms with Gasteiger partial charge in [0.2, 0.25) is 0 Å². The van der Waals surface area contributed by atoms with E-state index in [4.69, 9.17) is 5.11 Å². The van der Waals surface area contributed by atoms with E-state index in [1.54, 1.807) is 0 Å². The Morgan fingerprint density at radius 1 is 1.22 bits per heavy atom. The predicted octanol–water partition coefficient (Wildman–Crippen LogP) is 0.267. The van der Waals surface area contributed by atoms with Crippen LogP contribution in [-0.4, -0.2) is 32.5 Å². The van der Waals surface area contributed by atoms with E-state index in [1.807, 2.05) is 0 Å². The minimum Gasteiger partial charge on any atom is -0.481 e. The number of carboxylic acid groups (broad SMARTS) is 1. The predicted molar refractivity (Wildman–Crippen MR) is 86.1 cm³/mol. The van der Waals surface area contributed by atoms with E-state index >= 15 is 0 Å². The van der Waals surface area contributed by atoms with Crippen LogP contribution in [-0.2, 0) is 11.3 Å². The number of carboxylic acids is 1. The maximum atomic E-state index is 11.3. The molecule has 0 atom stereocenters. The Morgan fingerprint density at radius 3 is 2.30 bits per heavy atom. The molecular formula is C12H13BrN4O6. The molecule has 11 heteroatoms. The van der Waals surface area contributed by atoms with Crippen LogP contribution in [0.4, 0.5) is 5.69 Å². The van der Waals surface area contributed by atoms with Crippen LogP contribution < -0.4 is 16.4 Å². The van der Waals surface area contributed by atoms with Gasteiger partial charge in [0.15, 0.2) is 0 Å². The molecule has 23 heavy (non-hydrogen) atoms. The van der Waals surface area contributed by atoms with Gasteiger partial charge in [-0.15, -0.1) is 17.0 Å². The second-order valence-corrected chi connectivity index (χ2v) is 4.51. The molecule has 0 saturated heterocycles. The van der Waals surface area contributed by atoms with Crippen molar-refractivity contribution in [2.24, 2.45) is 0 Å². The summed E-state index contributed by atoms with van der Waals surface area (Å²) in [5, 5.41) is 22.4. The third-order valence-corrected chi connectivity index (χ3v) is 2.95. The monoisotopic (exact) mass is 388 g/mol. The molecule has 0 aliphatic heterocycles. The first-order valence-corrected chi connectivity index (χ1v) is 6.24. The van der Waals surface area contributed by atoms with Gasteiger partial charge >= 0.3 is 17.1 Å². The second-order valence-electron chi connectivity index (χ2n) is 4.51. The van der Waals surface area contributed by atoms with E-state index in [0.717, 1.165) is 6.07 Å². The van der Waals surface area contributed by atoms with Crippen molar-refractivity contribution in [2.45, 2.75) is 13.0 Å². The molecule has 0 spiro atoms. The molecule has 2 rings (SSSR count). The van der Waals surface area contributed by atoms with Crippen LogP contribution in [0.25, 0.3) is 11.0 Å². The van der Waals surface area contributed by atoms with Crippen LogP contribution in [0.2, 0.25) is 0 Å². The number of H-pyrrole nitrogens is 2. The smallest absolute Gasteiger partial charge is 0.314 e. The lowest BCUT2D eigenvalue weighted by atomic mass is 10.1. The van der Waals surface area contributed by atoms with Gasteiger partial charge in [0.1, 0.15) is 0 Å². The summed E-state index contributed by atoms with van der Waals surface area (Å²) in [6.45, 7) is 0.202. The molecule has 0 fully saturated rings. The molecule has 0 radical (unpaired) electrons. The van der Waals surface area contributed by atoms with Gasteiger partial charge in [-0.3, -0.25) is 24.5 Å². The molecule has 0 saturated carbocycles. The summed E-state index contributed by atoms with van der Waals surface area (Å²) < 4.78 is 0. The number of nitro groups is 1. The zero-order chi connectivity index (χ0) is 16.3. The first-order chi connectivity index (χ1) is 10.4. The number of nitrogens with zero attached hydrogens (tertiary/aromatic N) is 1. The fourth-order valence-electron chi connectivity index (χ4n) is 1.93. The van der Waals surface area contributed by atoms with Crippen molar-refractivity contribution in [3.05, 3.63) is 48.5 Å². The third kappa shape index (κ3) is 4.47. The number of rotatable bonds is 6. The summed E-state index contributed by atoms with van der Waals surface area (Å²) in [5.74, 6) is -0.984. The fourth-order valence-corrected chi connectivity index (χ4v) is 1.93. The van der Waals surface area contributed by atoms with E-state index < -0.39 is 22.0 Å². The van der Waals surface area contributed by atoms with E-state index in [0.29, 0.717) is 0 Å². The summed E-state index contributed by atoms with van der Waals surface area (Å²) in [6, 6.07) is 2.53. The standard InChI is InChI=1S/C12H12N4O6.BrH/c17-10(18)1-2-13-5-6-3-7-8(4-9(6)16(21)22)15-12(20)11(19)14-7;/h3-4,13H,1-2,5H2,(H,14,19)(H,15,20)(H,17,18);1H. The molecule has 0 amide bonds. The maximum absolute atomic E-state index is 11.3. The number of halogens is 1. The van der Waals surface area contributed by atoms with Gasteiger partial charge < -0.3 is 20.4 Å². The number of nitro benzene ring substituents is 1. The van der Waals surface area contributed by atoms with Crippen molar-refractivity contribution < 1.29 is 14.8 Å². The highest BCUT2D eigenvalue weighted by molar-refractivity contribution is 8.93. The van der Waals surface area contributed by atoms with Crippen LogP contribution in [0.3, 0.4) is 0 Å². The lowest BCUT2D eigenvalue weighted by Gasteiger charge is -2.06. The van der Waals surface area contributed by atoms with Crippen LogP contribution in [0.5, 0.6) is 0 Å². The molecule has 0 aliphatic rings. The first-order valence-electron chi connectivity index (χ1n) is 6.24. The van der Waals surface area contributed by atoms with Crippen molar-refractivity contribution in [3.63, 3.8) is 0 Å². The number of aromatic nitrogens is 2. The summed E-state index contributed by atoms with van der Waals surface area (Å²) in [5.41, 5.74) is -1.32. The molecule has 0 aliphatic carbocycles. The zero-order valence-electron chi connectivity index (χ0n) is 11.6. The van der Waals surface area contributed by atoms with Crippen LogP contribution in [0.1, 0.15) is 12.0 Å². The van der Waals surface area contributed by atoms with Crippen molar-refractivity contribution in [2.75, 3.05) is 6.54 Å². The minimum atomic E-state index is -0.984. The average Bonchev–Trinajstić information content (AvgIpc) is 2.44. The molecule has 0 unspecified atom stereocenters. The van der Waals surface area contributed by atoms with Crippen LogP contribution in [0.15, 0.2) is 21.7 Å². The Bertz CT molecular complexity index is 859. The first kappa shape index (κ1) is 18.5. The maximum Gasteiger partial charge on any atom is 0.314 e. The second kappa shape index (κ2) is 7.65. The molecule has 1 aromatic carbocycles. The Morgan fingerprint density at radius 2 is 1.78 bits per heavy atom. The third-order valence-electron chi connectivity index (χ3n) is 2.95. The van der Waals surface area contributed by atoms with E-state index in [1.165, 1.54) is 6.07 Å². The fraction of sp³-hybridized carbons (Fsp3) is 0.250. The van der Waals surface area contributed by atoms with Crippen molar-refractivity contribution >= 4 is 39.7 Å². The number of nitrogens with one attached hydrogen (secondary N) is 3. The van der Waals surface area contributed by atoms with Crippen molar-refractivity contribution in [3.8, 4) is 0 Å². The summed E-state index contributed by atoms with van der Waals surface area (Å²) in [4.78, 5) is 48.0. The van der Waals surface area contributed by atoms with E-state index in [-0.39, 0.29) is 58.8 Å². The number of fused-ring (bicyclic) bond motifs is 1. The highest BCUT2D eigenvalue weighted by Crippen LogP contribution is 2.22. The van der Waals surface area contributed by atoms with E-state index in [2.05, 4.69) is 15.3 Å². The number of aliphatic carboxylic acids is 1. The van der Waals surface area contributed by atoms with Gasteiger partial charge in [-0.05, 0) is 6.07 Å². The SMILES string of the molecule is Br.O=C(O)CCNCc1cc2[nH]c(=O)c(=O)[nH]c2cc1[N+](=O)[O-]. The Hall–Kier alpha value is -2.53. The lowest BCUT2D eigenvalue weighted by molar-refractivity contribution is -0.385. The number of hydrogen-bond donors (Lipinski definition) is 4. The van der Waals surface area contributed by atoms with Gasteiger partial charge in [-0.2, -0.15) is 0 Å². The largest absolute Gasteiger partial charge is 0.481 e. The van der Waals surface area contributed by atoms with Gasteiger partial charge in [0.05, 0.1) is 22.4 Å². The van der Waals surface area contributed by atoms with Gasteiger partial charge in [0, 0.05) is 24.7 Å². The van der Waals surface area contributed by atoms with Gasteiger partial charge in [0.25, 0.3) is 5.69 Å². The number of aromatic amines is 2. The normalized spacial score (nSPS) is 10.3.